The minimum Gasteiger partial charge on any atom is -0.351 e. The van der Waals surface area contributed by atoms with E-state index in [1.807, 2.05) is 5.51 Å². The van der Waals surface area contributed by atoms with E-state index in [2.05, 4.69) is 36.9 Å². The van der Waals surface area contributed by atoms with E-state index >= 15 is 0 Å². The Balaban J connectivity index is 2.69. The number of fused-ring (bicyclic) bond motifs is 1. The van der Waals surface area contributed by atoms with E-state index in [4.69, 9.17) is 0 Å². The monoisotopic (exact) mass is 180 g/mol. The van der Waals surface area contributed by atoms with Crippen molar-refractivity contribution in [3.63, 3.8) is 0 Å². The van der Waals surface area contributed by atoms with E-state index in [1.165, 1.54) is 10.4 Å². The molecule has 0 bridgehead atoms. The molecule has 1 N–H and O–H groups in total. The number of rotatable bonds is 0. The van der Waals surface area contributed by atoms with Gasteiger partial charge in [0.1, 0.15) is 10.3 Å². The lowest BCUT2D eigenvalue weighted by atomic mass is 9.89. The second-order valence-electron chi connectivity index (χ2n) is 3.98. The molecular weight excluding hydrogens is 168 g/mol. The van der Waals surface area contributed by atoms with Crippen LogP contribution in [0.15, 0.2) is 11.7 Å². The number of H-pyrrole nitrogens is 1. The highest BCUT2D eigenvalue weighted by Crippen LogP contribution is 2.30. The van der Waals surface area contributed by atoms with E-state index in [-0.39, 0.29) is 5.41 Å². The quantitative estimate of drug-likeness (QED) is 0.663. The van der Waals surface area contributed by atoms with Gasteiger partial charge in [0, 0.05) is 11.8 Å². The van der Waals surface area contributed by atoms with Crippen molar-refractivity contribution < 1.29 is 0 Å². The van der Waals surface area contributed by atoms with Gasteiger partial charge in [0.15, 0.2) is 0 Å². The van der Waals surface area contributed by atoms with Crippen LogP contribution in [-0.4, -0.2) is 9.97 Å². The maximum Gasteiger partial charge on any atom is 0.120 e. The molecule has 0 aliphatic carbocycles. The second-order valence-corrected chi connectivity index (χ2v) is 4.84. The van der Waals surface area contributed by atoms with E-state index < -0.39 is 0 Å². The summed E-state index contributed by atoms with van der Waals surface area (Å²) < 4.78 is 0. The Morgan fingerprint density at radius 3 is 2.83 bits per heavy atom. The number of hydrogen-bond acceptors (Lipinski definition) is 2. The summed E-state index contributed by atoms with van der Waals surface area (Å²) in [6.07, 6.45) is 2.06. The standard InChI is InChI=1S/C9H12N2S/c1-9(2,3)6-4-10-8-7(6)11-5-12-8/h4-5,10H,1-3H3. The van der Waals surface area contributed by atoms with E-state index in [1.54, 1.807) is 11.3 Å². The van der Waals surface area contributed by atoms with Gasteiger partial charge in [0.2, 0.25) is 0 Å². The summed E-state index contributed by atoms with van der Waals surface area (Å²) in [7, 11) is 0. The average Bonchev–Trinajstić information content (AvgIpc) is 2.37. The van der Waals surface area contributed by atoms with Crippen molar-refractivity contribution in [2.45, 2.75) is 26.2 Å². The highest BCUT2D eigenvalue weighted by atomic mass is 32.1. The average molecular weight is 180 g/mol. The Labute approximate surface area is 75.6 Å². The van der Waals surface area contributed by atoms with Crippen LogP contribution in [0, 0.1) is 0 Å². The summed E-state index contributed by atoms with van der Waals surface area (Å²) >= 11 is 1.66. The smallest absolute Gasteiger partial charge is 0.120 e. The molecule has 0 fully saturated rings. The number of hydrogen-bond donors (Lipinski definition) is 1. The van der Waals surface area contributed by atoms with Crippen LogP contribution in [0.1, 0.15) is 26.3 Å². The molecular formula is C9H12N2S. The van der Waals surface area contributed by atoms with Crippen molar-refractivity contribution in [1.82, 2.24) is 9.97 Å². The molecule has 2 aromatic rings. The molecule has 0 amide bonds. The largest absolute Gasteiger partial charge is 0.351 e. The topological polar surface area (TPSA) is 28.7 Å². The SMILES string of the molecule is CC(C)(C)c1c[nH]c2scnc12. The van der Waals surface area contributed by atoms with Crippen molar-refractivity contribution >= 4 is 21.7 Å². The van der Waals surface area contributed by atoms with Crippen LogP contribution in [0.4, 0.5) is 0 Å². The first-order chi connectivity index (χ1) is 5.59. The highest BCUT2D eigenvalue weighted by Gasteiger charge is 2.19. The maximum absolute atomic E-state index is 4.33. The van der Waals surface area contributed by atoms with Gasteiger partial charge in [-0.2, -0.15) is 0 Å². The third-order valence-corrected chi connectivity index (χ3v) is 2.74. The van der Waals surface area contributed by atoms with Gasteiger partial charge in [-0.1, -0.05) is 20.8 Å². The molecule has 0 spiro atoms. The van der Waals surface area contributed by atoms with Crippen molar-refractivity contribution in [3.8, 4) is 0 Å². The molecule has 64 valence electrons. The van der Waals surface area contributed by atoms with Gasteiger partial charge < -0.3 is 4.98 Å². The summed E-state index contributed by atoms with van der Waals surface area (Å²) in [4.78, 5) is 8.74. The van der Waals surface area contributed by atoms with Crippen LogP contribution in [0.3, 0.4) is 0 Å². The van der Waals surface area contributed by atoms with Gasteiger partial charge in [-0.3, -0.25) is 0 Å². The Morgan fingerprint density at radius 2 is 2.17 bits per heavy atom. The molecule has 12 heavy (non-hydrogen) atoms. The zero-order chi connectivity index (χ0) is 8.77. The first kappa shape index (κ1) is 7.80. The third-order valence-electron chi connectivity index (χ3n) is 1.98. The lowest BCUT2D eigenvalue weighted by Crippen LogP contribution is -2.09. The zero-order valence-corrected chi connectivity index (χ0v) is 8.33. The second kappa shape index (κ2) is 2.33. The van der Waals surface area contributed by atoms with Gasteiger partial charge in [0.05, 0.1) is 5.51 Å². The lowest BCUT2D eigenvalue weighted by Gasteiger charge is -2.15. The summed E-state index contributed by atoms with van der Waals surface area (Å²) in [6, 6.07) is 0. The van der Waals surface area contributed by atoms with Gasteiger partial charge in [0.25, 0.3) is 0 Å². The molecule has 0 unspecified atom stereocenters. The van der Waals surface area contributed by atoms with Gasteiger partial charge in [-0.15, -0.1) is 11.3 Å². The molecule has 0 saturated carbocycles. The molecule has 0 atom stereocenters. The molecule has 0 radical (unpaired) electrons. The summed E-state index contributed by atoms with van der Waals surface area (Å²) in [6.45, 7) is 6.61. The van der Waals surface area contributed by atoms with Gasteiger partial charge in [-0.05, 0) is 5.41 Å². The molecule has 0 aliphatic heterocycles. The molecule has 0 aromatic carbocycles. The van der Waals surface area contributed by atoms with Crippen molar-refractivity contribution in [1.29, 1.82) is 0 Å². The predicted molar refractivity (Wildman–Crippen MR) is 52.7 cm³/mol. The Morgan fingerprint density at radius 1 is 1.42 bits per heavy atom. The Hall–Kier alpha value is -0.830. The van der Waals surface area contributed by atoms with Crippen LogP contribution >= 0.6 is 11.3 Å². The minimum absolute atomic E-state index is 0.187. The van der Waals surface area contributed by atoms with Crippen LogP contribution < -0.4 is 0 Å². The molecule has 2 heterocycles. The maximum atomic E-state index is 4.33. The molecule has 2 aromatic heterocycles. The minimum atomic E-state index is 0.187. The van der Waals surface area contributed by atoms with Crippen molar-refractivity contribution in [2.24, 2.45) is 0 Å². The molecule has 3 heteroatoms. The van der Waals surface area contributed by atoms with E-state index in [9.17, 15) is 0 Å². The fraction of sp³-hybridized carbons (Fsp3) is 0.444. The van der Waals surface area contributed by atoms with E-state index in [0.29, 0.717) is 0 Å². The normalized spacial score (nSPS) is 12.6. The Kier molecular flexibility index (Phi) is 1.51. The van der Waals surface area contributed by atoms with Crippen molar-refractivity contribution in [3.05, 3.63) is 17.3 Å². The molecule has 0 aliphatic rings. The summed E-state index contributed by atoms with van der Waals surface area (Å²) in [5, 5.41) is 0. The zero-order valence-electron chi connectivity index (χ0n) is 7.51. The number of thiazole rings is 1. The van der Waals surface area contributed by atoms with E-state index in [0.717, 1.165) is 5.52 Å². The molecule has 2 rings (SSSR count). The Bertz CT molecular complexity index is 392. The van der Waals surface area contributed by atoms with Crippen LogP contribution in [0.25, 0.3) is 10.3 Å². The van der Waals surface area contributed by atoms with Crippen LogP contribution in [-0.2, 0) is 5.41 Å². The number of aromatic nitrogens is 2. The fourth-order valence-corrected chi connectivity index (χ4v) is 1.98. The summed E-state index contributed by atoms with van der Waals surface area (Å²) in [5.41, 5.74) is 4.51. The molecule has 2 nitrogen and oxygen atoms in total. The number of nitrogens with one attached hydrogen (secondary N) is 1. The third kappa shape index (κ3) is 1.05. The lowest BCUT2D eigenvalue weighted by molar-refractivity contribution is 0.594. The van der Waals surface area contributed by atoms with Crippen LogP contribution in [0.2, 0.25) is 0 Å². The molecule has 0 saturated heterocycles. The van der Waals surface area contributed by atoms with Crippen molar-refractivity contribution in [2.75, 3.05) is 0 Å². The van der Waals surface area contributed by atoms with Gasteiger partial charge in [-0.25, -0.2) is 4.98 Å². The number of aromatic amines is 1. The highest BCUT2D eigenvalue weighted by molar-refractivity contribution is 7.16. The fourth-order valence-electron chi connectivity index (χ4n) is 1.32. The first-order valence-electron chi connectivity index (χ1n) is 4.00. The summed E-state index contributed by atoms with van der Waals surface area (Å²) in [5.74, 6) is 0. The first-order valence-corrected chi connectivity index (χ1v) is 4.88. The van der Waals surface area contributed by atoms with Gasteiger partial charge >= 0.3 is 0 Å². The van der Waals surface area contributed by atoms with Crippen LogP contribution in [0.5, 0.6) is 0 Å². The predicted octanol–water partition coefficient (Wildman–Crippen LogP) is 2.92. The number of nitrogens with zero attached hydrogens (tertiary/aromatic N) is 1.